The molecule has 4 heteroatoms. The predicted octanol–water partition coefficient (Wildman–Crippen LogP) is 1.84. The summed E-state index contributed by atoms with van der Waals surface area (Å²) in [5, 5.41) is 0. The number of hydrogen-bond donors (Lipinski definition) is 0. The number of carbonyl (C=O) groups excluding carboxylic acids is 1. The van der Waals surface area contributed by atoms with E-state index in [9.17, 15) is 4.79 Å². The Kier molecular flexibility index (Phi) is 2.41. The molecule has 0 aliphatic rings. The number of hydrogen-bond acceptors (Lipinski definition) is 3. The number of esters is 1. The van der Waals surface area contributed by atoms with Crippen molar-refractivity contribution in [2.45, 2.75) is 13.5 Å². The van der Waals surface area contributed by atoms with E-state index in [0.29, 0.717) is 5.56 Å². The molecule has 0 spiro atoms. The third-order valence-corrected chi connectivity index (χ3v) is 2.38. The summed E-state index contributed by atoms with van der Waals surface area (Å²) in [7, 11) is 1.37. The quantitative estimate of drug-likeness (QED) is 0.701. The van der Waals surface area contributed by atoms with Gasteiger partial charge in [0.2, 0.25) is 0 Å². The molecule has 1 aromatic carbocycles. The van der Waals surface area contributed by atoms with E-state index in [0.717, 1.165) is 17.6 Å². The number of methoxy groups -OCH3 is 1. The number of nitrogens with zero attached hydrogens (tertiary/aromatic N) is 2. The molecule has 4 nitrogen and oxygen atoms in total. The standard InChI is InChI=1S/C11H12N2O2/c1-3-13-7-12-9-6-8(11(14)15-2)4-5-10(9)13/h4-7H,3H2,1-2H3. The van der Waals surface area contributed by atoms with Gasteiger partial charge in [-0.2, -0.15) is 0 Å². The van der Waals surface area contributed by atoms with Crippen LogP contribution in [0.3, 0.4) is 0 Å². The largest absolute Gasteiger partial charge is 0.465 e. The Hall–Kier alpha value is -1.84. The fraction of sp³-hybridized carbons (Fsp3) is 0.273. The number of rotatable bonds is 2. The Bertz CT molecular complexity index is 502. The summed E-state index contributed by atoms with van der Waals surface area (Å²) in [5.74, 6) is -0.331. The highest BCUT2D eigenvalue weighted by molar-refractivity contribution is 5.93. The number of aryl methyl sites for hydroxylation is 1. The van der Waals surface area contributed by atoms with Gasteiger partial charge in [0.25, 0.3) is 0 Å². The molecule has 0 aliphatic carbocycles. The molecule has 0 fully saturated rings. The lowest BCUT2D eigenvalue weighted by atomic mass is 10.2. The van der Waals surface area contributed by atoms with E-state index < -0.39 is 0 Å². The van der Waals surface area contributed by atoms with Crippen LogP contribution in [0.2, 0.25) is 0 Å². The first-order valence-corrected chi connectivity index (χ1v) is 4.79. The molecule has 0 radical (unpaired) electrons. The molecule has 0 saturated heterocycles. The molecule has 0 atom stereocenters. The monoisotopic (exact) mass is 204 g/mol. The second-order valence-corrected chi connectivity index (χ2v) is 3.23. The van der Waals surface area contributed by atoms with Gasteiger partial charge < -0.3 is 9.30 Å². The summed E-state index contributed by atoms with van der Waals surface area (Å²) in [5.41, 5.74) is 2.39. The first-order chi connectivity index (χ1) is 7.26. The number of ether oxygens (including phenoxy) is 1. The molecule has 1 heterocycles. The van der Waals surface area contributed by atoms with E-state index in [1.807, 2.05) is 10.6 Å². The summed E-state index contributed by atoms with van der Waals surface area (Å²) in [4.78, 5) is 15.5. The van der Waals surface area contributed by atoms with Crippen molar-refractivity contribution >= 4 is 17.0 Å². The molecule has 0 aliphatic heterocycles. The van der Waals surface area contributed by atoms with E-state index in [2.05, 4.69) is 16.6 Å². The van der Waals surface area contributed by atoms with Gasteiger partial charge in [-0.3, -0.25) is 0 Å². The summed E-state index contributed by atoms with van der Waals surface area (Å²) in [6.45, 7) is 2.92. The van der Waals surface area contributed by atoms with E-state index >= 15 is 0 Å². The zero-order valence-electron chi connectivity index (χ0n) is 8.73. The lowest BCUT2D eigenvalue weighted by Gasteiger charge is -2.00. The van der Waals surface area contributed by atoms with E-state index in [-0.39, 0.29) is 5.97 Å². The van der Waals surface area contributed by atoms with E-state index in [1.54, 1.807) is 18.5 Å². The number of fused-ring (bicyclic) bond motifs is 1. The van der Waals surface area contributed by atoms with Crippen LogP contribution in [0.4, 0.5) is 0 Å². The molecule has 0 amide bonds. The van der Waals surface area contributed by atoms with Crippen LogP contribution in [0.25, 0.3) is 11.0 Å². The average Bonchev–Trinajstić information content (AvgIpc) is 2.69. The third-order valence-electron chi connectivity index (χ3n) is 2.38. The molecule has 0 saturated carbocycles. The van der Waals surface area contributed by atoms with Crippen LogP contribution in [-0.2, 0) is 11.3 Å². The van der Waals surface area contributed by atoms with E-state index in [4.69, 9.17) is 0 Å². The van der Waals surface area contributed by atoms with Gasteiger partial charge in [0.15, 0.2) is 0 Å². The Labute approximate surface area is 87.5 Å². The van der Waals surface area contributed by atoms with Crippen LogP contribution < -0.4 is 0 Å². The van der Waals surface area contributed by atoms with Gasteiger partial charge in [0.05, 0.1) is 30.0 Å². The Morgan fingerprint density at radius 1 is 1.53 bits per heavy atom. The van der Waals surface area contributed by atoms with Crippen molar-refractivity contribution in [1.29, 1.82) is 0 Å². The van der Waals surface area contributed by atoms with Gasteiger partial charge in [0, 0.05) is 6.54 Å². The first-order valence-electron chi connectivity index (χ1n) is 4.79. The molecule has 0 bridgehead atoms. The molecular formula is C11H12N2O2. The molecule has 15 heavy (non-hydrogen) atoms. The van der Waals surface area contributed by atoms with Gasteiger partial charge in [0.1, 0.15) is 0 Å². The highest BCUT2D eigenvalue weighted by Crippen LogP contribution is 2.15. The lowest BCUT2D eigenvalue weighted by Crippen LogP contribution is -2.00. The Morgan fingerprint density at radius 2 is 2.33 bits per heavy atom. The van der Waals surface area contributed by atoms with Gasteiger partial charge in [-0.15, -0.1) is 0 Å². The maximum absolute atomic E-state index is 11.3. The highest BCUT2D eigenvalue weighted by atomic mass is 16.5. The van der Waals surface area contributed by atoms with Gasteiger partial charge in [-0.25, -0.2) is 9.78 Å². The molecular weight excluding hydrogens is 192 g/mol. The molecule has 0 unspecified atom stereocenters. The first kappa shape index (κ1) is 9.71. The van der Waals surface area contributed by atoms with Crippen LogP contribution in [0.15, 0.2) is 24.5 Å². The molecule has 78 valence electrons. The van der Waals surface area contributed by atoms with Crippen LogP contribution in [-0.4, -0.2) is 22.6 Å². The second kappa shape index (κ2) is 3.73. The lowest BCUT2D eigenvalue weighted by molar-refractivity contribution is 0.0601. The van der Waals surface area contributed by atoms with Crippen LogP contribution >= 0.6 is 0 Å². The normalized spacial score (nSPS) is 10.5. The number of benzene rings is 1. The fourth-order valence-corrected chi connectivity index (χ4v) is 1.56. The number of aromatic nitrogens is 2. The Morgan fingerprint density at radius 3 is 3.00 bits per heavy atom. The molecule has 1 aromatic heterocycles. The summed E-state index contributed by atoms with van der Waals surface area (Å²) in [6, 6.07) is 5.38. The zero-order valence-corrected chi connectivity index (χ0v) is 8.73. The van der Waals surface area contributed by atoms with Crippen molar-refractivity contribution < 1.29 is 9.53 Å². The van der Waals surface area contributed by atoms with Crippen molar-refractivity contribution in [1.82, 2.24) is 9.55 Å². The molecule has 0 N–H and O–H groups in total. The SMILES string of the molecule is CCn1cnc2cc(C(=O)OC)ccc21. The van der Waals surface area contributed by atoms with Crippen molar-refractivity contribution in [3.8, 4) is 0 Å². The Balaban J connectivity index is 2.53. The van der Waals surface area contributed by atoms with Gasteiger partial charge in [-0.1, -0.05) is 0 Å². The smallest absolute Gasteiger partial charge is 0.337 e. The van der Waals surface area contributed by atoms with Crippen molar-refractivity contribution in [3.05, 3.63) is 30.1 Å². The predicted molar refractivity (Wildman–Crippen MR) is 56.7 cm³/mol. The van der Waals surface area contributed by atoms with Crippen LogP contribution in [0, 0.1) is 0 Å². The summed E-state index contributed by atoms with van der Waals surface area (Å²) < 4.78 is 6.67. The summed E-state index contributed by atoms with van der Waals surface area (Å²) in [6.07, 6.45) is 1.77. The van der Waals surface area contributed by atoms with Crippen molar-refractivity contribution in [2.24, 2.45) is 0 Å². The summed E-state index contributed by atoms with van der Waals surface area (Å²) >= 11 is 0. The molecule has 2 rings (SSSR count). The highest BCUT2D eigenvalue weighted by Gasteiger charge is 2.08. The third kappa shape index (κ3) is 1.58. The second-order valence-electron chi connectivity index (χ2n) is 3.23. The number of imidazole rings is 1. The maximum atomic E-state index is 11.3. The topological polar surface area (TPSA) is 44.1 Å². The van der Waals surface area contributed by atoms with Gasteiger partial charge >= 0.3 is 5.97 Å². The molecule has 2 aromatic rings. The average molecular weight is 204 g/mol. The number of carbonyl (C=O) groups is 1. The minimum absolute atomic E-state index is 0.331. The fourth-order valence-electron chi connectivity index (χ4n) is 1.56. The van der Waals surface area contributed by atoms with E-state index in [1.165, 1.54) is 7.11 Å². The van der Waals surface area contributed by atoms with Crippen LogP contribution in [0.1, 0.15) is 17.3 Å². The maximum Gasteiger partial charge on any atom is 0.337 e. The van der Waals surface area contributed by atoms with Crippen molar-refractivity contribution in [2.75, 3.05) is 7.11 Å². The zero-order chi connectivity index (χ0) is 10.8. The minimum atomic E-state index is -0.331. The van der Waals surface area contributed by atoms with Crippen LogP contribution in [0.5, 0.6) is 0 Å². The minimum Gasteiger partial charge on any atom is -0.465 e. The van der Waals surface area contributed by atoms with Crippen molar-refractivity contribution in [3.63, 3.8) is 0 Å². The van der Waals surface area contributed by atoms with Gasteiger partial charge in [-0.05, 0) is 25.1 Å².